The number of rotatable bonds is 9. The zero-order valence-corrected chi connectivity index (χ0v) is 16.4. The number of hydrogen-bond donors (Lipinski definition) is 1. The van der Waals surface area contributed by atoms with Crippen LogP contribution in [0.25, 0.3) is 0 Å². The fraction of sp³-hybridized carbons (Fsp3) is 0.650. The highest BCUT2D eigenvalue weighted by molar-refractivity contribution is 5.80. The van der Waals surface area contributed by atoms with Crippen LogP contribution in [0.3, 0.4) is 0 Å². The Morgan fingerprint density at radius 3 is 2.73 bits per heavy atom. The third-order valence-electron chi connectivity index (χ3n) is 4.34. The lowest BCUT2D eigenvalue weighted by molar-refractivity contribution is 0.0263. The van der Waals surface area contributed by atoms with E-state index in [1.807, 2.05) is 18.2 Å². The van der Waals surface area contributed by atoms with Gasteiger partial charge >= 0.3 is 0 Å². The van der Waals surface area contributed by atoms with Gasteiger partial charge in [0.25, 0.3) is 0 Å². The molecule has 1 N–H and O–H groups in total. The summed E-state index contributed by atoms with van der Waals surface area (Å²) in [5, 5.41) is 3.41. The summed E-state index contributed by atoms with van der Waals surface area (Å²) >= 11 is 0. The summed E-state index contributed by atoms with van der Waals surface area (Å²) in [6.45, 7) is 9.57. The fourth-order valence-corrected chi connectivity index (χ4v) is 3.04. The Kier molecular flexibility index (Phi) is 9.28. The number of guanidine groups is 1. The van der Waals surface area contributed by atoms with Crippen LogP contribution in [0.1, 0.15) is 32.3 Å². The maximum absolute atomic E-state index is 5.74. The molecule has 2 rings (SSSR count). The quantitative estimate of drug-likeness (QED) is 0.415. The maximum atomic E-state index is 5.74. The highest BCUT2D eigenvalue weighted by Crippen LogP contribution is 2.16. The number of likely N-dealkylation sites (tertiary alicyclic amines) is 1. The van der Waals surface area contributed by atoms with Crippen LogP contribution in [0.5, 0.6) is 5.75 Å². The number of nitrogens with zero attached hydrogens (tertiary/aromatic N) is 2. The molecule has 0 unspecified atom stereocenters. The minimum atomic E-state index is 0.389. The number of nitrogens with one attached hydrogen (secondary N) is 1. The standard InChI is InChI=1S/C20H33N3O3/c1-4-21-20(23-11-9-18(10-12-23)25-5-2)22-16-17-7-6-8-19(15-17)26-14-13-24-3/h6-8,15,18H,4-5,9-14,16H2,1-3H3,(H,21,22). The molecule has 1 fully saturated rings. The second-order valence-electron chi connectivity index (χ2n) is 6.30. The topological polar surface area (TPSA) is 55.3 Å². The van der Waals surface area contributed by atoms with E-state index >= 15 is 0 Å². The van der Waals surface area contributed by atoms with Crippen LogP contribution in [-0.2, 0) is 16.0 Å². The number of piperidine rings is 1. The van der Waals surface area contributed by atoms with Crippen molar-refractivity contribution in [1.29, 1.82) is 0 Å². The van der Waals surface area contributed by atoms with Crippen LogP contribution in [-0.4, -0.2) is 63.5 Å². The summed E-state index contributed by atoms with van der Waals surface area (Å²) in [4.78, 5) is 7.16. The molecule has 1 aromatic rings. The number of ether oxygens (including phenoxy) is 3. The Balaban J connectivity index is 1.93. The second kappa shape index (κ2) is 11.8. The first kappa shape index (κ1) is 20.5. The monoisotopic (exact) mass is 363 g/mol. The van der Waals surface area contributed by atoms with Gasteiger partial charge in [-0.3, -0.25) is 0 Å². The molecule has 26 heavy (non-hydrogen) atoms. The van der Waals surface area contributed by atoms with Gasteiger partial charge < -0.3 is 24.4 Å². The van der Waals surface area contributed by atoms with Gasteiger partial charge in [-0.05, 0) is 44.4 Å². The van der Waals surface area contributed by atoms with Crippen molar-refractivity contribution in [3.05, 3.63) is 29.8 Å². The van der Waals surface area contributed by atoms with Gasteiger partial charge in [-0.15, -0.1) is 0 Å². The Morgan fingerprint density at radius 1 is 1.23 bits per heavy atom. The maximum Gasteiger partial charge on any atom is 0.194 e. The summed E-state index contributed by atoms with van der Waals surface area (Å²) < 4.78 is 16.4. The average molecular weight is 364 g/mol. The lowest BCUT2D eigenvalue weighted by Crippen LogP contribution is -2.47. The first-order valence-electron chi connectivity index (χ1n) is 9.62. The Morgan fingerprint density at radius 2 is 2.04 bits per heavy atom. The molecular weight excluding hydrogens is 330 g/mol. The zero-order valence-electron chi connectivity index (χ0n) is 16.4. The average Bonchev–Trinajstić information content (AvgIpc) is 2.67. The molecular formula is C20H33N3O3. The van der Waals surface area contributed by atoms with Gasteiger partial charge in [0.2, 0.25) is 0 Å². The highest BCUT2D eigenvalue weighted by atomic mass is 16.5. The van der Waals surface area contributed by atoms with Gasteiger partial charge in [-0.1, -0.05) is 12.1 Å². The van der Waals surface area contributed by atoms with E-state index in [-0.39, 0.29) is 0 Å². The first-order chi connectivity index (χ1) is 12.8. The van der Waals surface area contributed by atoms with E-state index < -0.39 is 0 Å². The number of methoxy groups -OCH3 is 1. The van der Waals surface area contributed by atoms with E-state index in [0.29, 0.717) is 25.9 Å². The van der Waals surface area contributed by atoms with Crippen LogP contribution >= 0.6 is 0 Å². The zero-order chi connectivity index (χ0) is 18.6. The molecule has 6 nitrogen and oxygen atoms in total. The molecule has 1 aliphatic rings. The lowest BCUT2D eigenvalue weighted by Gasteiger charge is -2.34. The Labute approximate surface area is 157 Å². The molecule has 0 radical (unpaired) electrons. The van der Waals surface area contributed by atoms with E-state index in [9.17, 15) is 0 Å². The smallest absolute Gasteiger partial charge is 0.194 e. The molecule has 1 aliphatic heterocycles. The minimum Gasteiger partial charge on any atom is -0.491 e. The van der Waals surface area contributed by atoms with Gasteiger partial charge in [-0.25, -0.2) is 4.99 Å². The molecule has 0 aliphatic carbocycles. The van der Waals surface area contributed by atoms with E-state index in [1.54, 1.807) is 7.11 Å². The van der Waals surface area contributed by atoms with E-state index in [2.05, 4.69) is 30.1 Å². The Hall–Kier alpha value is -1.79. The third kappa shape index (κ3) is 6.84. The molecule has 1 saturated heterocycles. The minimum absolute atomic E-state index is 0.389. The summed E-state index contributed by atoms with van der Waals surface area (Å²) in [6, 6.07) is 8.10. The van der Waals surface area contributed by atoms with Gasteiger partial charge in [0.05, 0.1) is 19.3 Å². The van der Waals surface area contributed by atoms with Gasteiger partial charge in [0, 0.05) is 33.4 Å². The van der Waals surface area contributed by atoms with Gasteiger partial charge in [0.15, 0.2) is 5.96 Å². The van der Waals surface area contributed by atoms with Gasteiger partial charge in [-0.2, -0.15) is 0 Å². The van der Waals surface area contributed by atoms with Crippen molar-refractivity contribution in [2.75, 3.05) is 46.6 Å². The highest BCUT2D eigenvalue weighted by Gasteiger charge is 2.21. The molecule has 0 bridgehead atoms. The van der Waals surface area contributed by atoms with Gasteiger partial charge in [0.1, 0.15) is 12.4 Å². The SMILES string of the molecule is CCNC(=NCc1cccc(OCCOC)c1)N1CCC(OCC)CC1. The molecule has 0 aromatic heterocycles. The van der Waals surface area contributed by atoms with Crippen molar-refractivity contribution in [1.82, 2.24) is 10.2 Å². The first-order valence-corrected chi connectivity index (χ1v) is 9.62. The van der Waals surface area contributed by atoms with E-state index in [0.717, 1.165) is 56.4 Å². The van der Waals surface area contributed by atoms with Crippen LogP contribution in [0, 0.1) is 0 Å². The number of aliphatic imine (C=N–C) groups is 1. The largest absolute Gasteiger partial charge is 0.491 e. The van der Waals surface area contributed by atoms with E-state index in [1.165, 1.54) is 0 Å². The summed E-state index contributed by atoms with van der Waals surface area (Å²) in [6.07, 6.45) is 2.50. The van der Waals surface area contributed by atoms with Crippen LogP contribution in [0.2, 0.25) is 0 Å². The van der Waals surface area contributed by atoms with Crippen LogP contribution < -0.4 is 10.1 Å². The van der Waals surface area contributed by atoms with Crippen LogP contribution in [0.4, 0.5) is 0 Å². The lowest BCUT2D eigenvalue weighted by atomic mass is 10.1. The molecule has 0 spiro atoms. The molecule has 146 valence electrons. The molecule has 1 heterocycles. The van der Waals surface area contributed by atoms with Crippen molar-refractivity contribution in [3.8, 4) is 5.75 Å². The summed E-state index contributed by atoms with van der Waals surface area (Å²) in [7, 11) is 1.67. The van der Waals surface area contributed by atoms with Crippen LogP contribution in [0.15, 0.2) is 29.3 Å². The summed E-state index contributed by atoms with van der Waals surface area (Å²) in [5.41, 5.74) is 1.14. The normalized spacial score (nSPS) is 16.0. The molecule has 0 amide bonds. The van der Waals surface area contributed by atoms with Crippen molar-refractivity contribution < 1.29 is 14.2 Å². The summed E-state index contributed by atoms with van der Waals surface area (Å²) in [5.74, 6) is 1.84. The second-order valence-corrected chi connectivity index (χ2v) is 6.30. The molecule has 1 aromatic carbocycles. The van der Waals surface area contributed by atoms with Crippen molar-refractivity contribution in [3.63, 3.8) is 0 Å². The number of hydrogen-bond acceptors (Lipinski definition) is 4. The fourth-order valence-electron chi connectivity index (χ4n) is 3.04. The Bertz CT molecular complexity index is 543. The van der Waals surface area contributed by atoms with E-state index in [4.69, 9.17) is 19.2 Å². The molecule has 6 heteroatoms. The predicted molar refractivity (Wildman–Crippen MR) is 105 cm³/mol. The van der Waals surface area contributed by atoms with Crippen molar-refractivity contribution in [2.24, 2.45) is 4.99 Å². The van der Waals surface area contributed by atoms with Crippen molar-refractivity contribution >= 4 is 5.96 Å². The van der Waals surface area contributed by atoms with Crippen molar-refractivity contribution in [2.45, 2.75) is 39.3 Å². The molecule has 0 saturated carbocycles. The molecule has 0 atom stereocenters. The predicted octanol–water partition coefficient (Wildman–Crippen LogP) is 2.68. The third-order valence-corrected chi connectivity index (χ3v) is 4.34. The number of benzene rings is 1.